The fraction of sp³-hybridized carbons (Fsp3) is 0.286. The van der Waals surface area contributed by atoms with Gasteiger partial charge in [-0.25, -0.2) is 4.98 Å². The van der Waals surface area contributed by atoms with Gasteiger partial charge in [0.25, 0.3) is 0 Å². The average Bonchev–Trinajstić information content (AvgIpc) is 3.49. The summed E-state index contributed by atoms with van der Waals surface area (Å²) < 4.78 is 11.2. The average molecular weight is 460 g/mol. The molecular weight excluding hydrogens is 430 g/mol. The van der Waals surface area contributed by atoms with E-state index in [1.165, 1.54) is 5.56 Å². The molecule has 0 fully saturated rings. The molecule has 33 heavy (non-hydrogen) atoms. The number of nitrogens with zero attached hydrogens (tertiary/aromatic N) is 1. The Labute approximate surface area is 199 Å². The minimum atomic E-state index is -0.254. The normalized spacial score (nSPS) is 11.9. The van der Waals surface area contributed by atoms with E-state index in [-0.39, 0.29) is 11.9 Å². The van der Waals surface area contributed by atoms with Gasteiger partial charge in [0, 0.05) is 5.56 Å². The summed E-state index contributed by atoms with van der Waals surface area (Å²) in [5.41, 5.74) is 5.49. The van der Waals surface area contributed by atoms with Crippen LogP contribution in [0.5, 0.6) is 0 Å². The fourth-order valence-corrected chi connectivity index (χ4v) is 4.67. The number of oxazole rings is 1. The van der Waals surface area contributed by atoms with Crippen molar-refractivity contribution in [3.63, 3.8) is 0 Å². The van der Waals surface area contributed by atoms with Crippen molar-refractivity contribution in [1.29, 1.82) is 0 Å². The summed E-state index contributed by atoms with van der Waals surface area (Å²) in [4.78, 5) is 17.2. The molecule has 4 rings (SSSR count). The lowest BCUT2D eigenvalue weighted by molar-refractivity contribution is -0.144. The predicted octanol–water partition coefficient (Wildman–Crippen LogP) is 6.78. The van der Waals surface area contributed by atoms with Gasteiger partial charge >= 0.3 is 5.97 Å². The zero-order valence-corrected chi connectivity index (χ0v) is 19.9. The minimum Gasteiger partial charge on any atom is -0.466 e. The summed E-state index contributed by atoms with van der Waals surface area (Å²) in [5, 5.41) is 4.04. The standard InChI is InChI=1S/C28H29NO3S/c1-3-31-28(30)25(24-16-17-33-19-24)18-22-14-12-21(13-15-22)8-7-11-26-20(2)32-27(29-26)23-9-5-4-6-10-23/h4-6,9-10,12-17,19,25H,3,7-8,11,18H2,1-2H3. The number of aryl methyl sites for hydroxylation is 3. The Morgan fingerprint density at radius 1 is 1.03 bits per heavy atom. The van der Waals surface area contributed by atoms with E-state index in [0.717, 1.165) is 47.4 Å². The molecule has 0 saturated carbocycles. The van der Waals surface area contributed by atoms with Crippen LogP contribution in [-0.2, 0) is 28.8 Å². The summed E-state index contributed by atoms with van der Waals surface area (Å²) in [6.07, 6.45) is 3.50. The van der Waals surface area contributed by atoms with Crippen LogP contribution in [0, 0.1) is 6.92 Å². The first-order valence-electron chi connectivity index (χ1n) is 11.4. The number of benzene rings is 2. The largest absolute Gasteiger partial charge is 0.466 e. The van der Waals surface area contributed by atoms with Gasteiger partial charge in [-0.15, -0.1) is 0 Å². The molecule has 0 amide bonds. The topological polar surface area (TPSA) is 52.3 Å². The molecule has 4 aromatic rings. The minimum absolute atomic E-state index is 0.155. The summed E-state index contributed by atoms with van der Waals surface area (Å²) in [5.74, 6) is 1.17. The molecule has 0 radical (unpaired) electrons. The lowest BCUT2D eigenvalue weighted by Gasteiger charge is -2.15. The van der Waals surface area contributed by atoms with E-state index in [2.05, 4.69) is 24.3 Å². The first-order chi connectivity index (χ1) is 16.1. The third-order valence-electron chi connectivity index (χ3n) is 5.77. The van der Waals surface area contributed by atoms with Crippen LogP contribution < -0.4 is 0 Å². The van der Waals surface area contributed by atoms with Crippen LogP contribution in [0.2, 0.25) is 0 Å². The molecule has 5 heteroatoms. The second-order valence-corrected chi connectivity index (χ2v) is 8.90. The van der Waals surface area contributed by atoms with Gasteiger partial charge in [0.1, 0.15) is 5.76 Å². The number of ether oxygens (including phenoxy) is 1. The number of thiophene rings is 1. The maximum absolute atomic E-state index is 12.5. The third kappa shape index (κ3) is 5.99. The van der Waals surface area contributed by atoms with E-state index in [0.29, 0.717) is 18.9 Å². The number of hydrogen-bond acceptors (Lipinski definition) is 5. The van der Waals surface area contributed by atoms with Crippen molar-refractivity contribution in [1.82, 2.24) is 4.98 Å². The van der Waals surface area contributed by atoms with Crippen LogP contribution >= 0.6 is 11.3 Å². The lowest BCUT2D eigenvalue weighted by atomic mass is 9.93. The van der Waals surface area contributed by atoms with Crippen molar-refractivity contribution in [3.05, 3.63) is 99.6 Å². The molecule has 0 N–H and O–H groups in total. The summed E-state index contributed by atoms with van der Waals surface area (Å²) >= 11 is 1.61. The van der Waals surface area contributed by atoms with Crippen LogP contribution in [0.4, 0.5) is 0 Å². The molecule has 0 aliphatic carbocycles. The smallest absolute Gasteiger partial charge is 0.313 e. The fourth-order valence-electron chi connectivity index (χ4n) is 3.96. The number of rotatable bonds is 10. The first-order valence-corrected chi connectivity index (χ1v) is 12.4. The summed E-state index contributed by atoms with van der Waals surface area (Å²) in [6, 6.07) is 20.6. The predicted molar refractivity (Wildman–Crippen MR) is 133 cm³/mol. The number of esters is 1. The van der Waals surface area contributed by atoms with E-state index in [1.807, 2.05) is 61.0 Å². The molecule has 0 aliphatic heterocycles. The zero-order valence-electron chi connectivity index (χ0n) is 19.1. The molecule has 170 valence electrons. The van der Waals surface area contributed by atoms with Crippen LogP contribution in [-0.4, -0.2) is 17.6 Å². The van der Waals surface area contributed by atoms with E-state index in [1.54, 1.807) is 11.3 Å². The summed E-state index contributed by atoms with van der Waals surface area (Å²) in [7, 11) is 0. The second-order valence-electron chi connectivity index (χ2n) is 8.12. The van der Waals surface area contributed by atoms with Gasteiger partial charge in [0.05, 0.1) is 18.2 Å². The van der Waals surface area contributed by atoms with Crippen molar-refractivity contribution in [2.24, 2.45) is 0 Å². The molecule has 0 aliphatic rings. The second kappa shape index (κ2) is 11.1. The Morgan fingerprint density at radius 3 is 2.48 bits per heavy atom. The van der Waals surface area contributed by atoms with E-state index in [4.69, 9.17) is 14.1 Å². The SMILES string of the molecule is CCOC(=O)C(Cc1ccc(CCCc2nc(-c3ccccc3)oc2C)cc1)c1ccsc1. The van der Waals surface area contributed by atoms with Crippen LogP contribution in [0.15, 0.2) is 75.8 Å². The molecule has 2 heterocycles. The van der Waals surface area contributed by atoms with Gasteiger partial charge in [-0.1, -0.05) is 42.5 Å². The number of carbonyl (C=O) groups is 1. The third-order valence-corrected chi connectivity index (χ3v) is 6.47. The maximum Gasteiger partial charge on any atom is 0.313 e. The highest BCUT2D eigenvalue weighted by Gasteiger charge is 2.22. The number of aromatic nitrogens is 1. The zero-order chi connectivity index (χ0) is 23.0. The molecule has 2 aromatic heterocycles. The van der Waals surface area contributed by atoms with E-state index < -0.39 is 0 Å². The van der Waals surface area contributed by atoms with E-state index >= 15 is 0 Å². The first kappa shape index (κ1) is 23.0. The quantitative estimate of drug-likeness (QED) is 0.245. The van der Waals surface area contributed by atoms with Gasteiger partial charge < -0.3 is 9.15 Å². The van der Waals surface area contributed by atoms with Gasteiger partial charge in [-0.2, -0.15) is 11.3 Å². The molecule has 1 unspecified atom stereocenters. The summed E-state index contributed by atoms with van der Waals surface area (Å²) in [6.45, 7) is 4.23. The van der Waals surface area contributed by atoms with Crippen molar-refractivity contribution >= 4 is 17.3 Å². The molecular formula is C28H29NO3S. The van der Waals surface area contributed by atoms with Crippen LogP contribution in [0.25, 0.3) is 11.5 Å². The van der Waals surface area contributed by atoms with Gasteiger partial charge in [-0.3, -0.25) is 4.79 Å². The maximum atomic E-state index is 12.5. The molecule has 1 atom stereocenters. The lowest BCUT2D eigenvalue weighted by Crippen LogP contribution is -2.17. The molecule has 2 aromatic carbocycles. The molecule has 0 spiro atoms. The van der Waals surface area contributed by atoms with Crippen molar-refractivity contribution in [2.75, 3.05) is 6.61 Å². The van der Waals surface area contributed by atoms with Crippen molar-refractivity contribution in [2.45, 2.75) is 45.4 Å². The van der Waals surface area contributed by atoms with Crippen molar-refractivity contribution < 1.29 is 13.9 Å². The Hall–Kier alpha value is -3.18. The molecule has 0 saturated heterocycles. The van der Waals surface area contributed by atoms with E-state index in [9.17, 15) is 4.79 Å². The highest BCUT2D eigenvalue weighted by atomic mass is 32.1. The van der Waals surface area contributed by atoms with Gasteiger partial charge in [0.15, 0.2) is 0 Å². The number of carbonyl (C=O) groups excluding carboxylic acids is 1. The Morgan fingerprint density at radius 2 is 1.79 bits per heavy atom. The monoisotopic (exact) mass is 459 g/mol. The number of hydrogen-bond donors (Lipinski definition) is 0. The Kier molecular flexibility index (Phi) is 7.74. The van der Waals surface area contributed by atoms with Crippen molar-refractivity contribution in [3.8, 4) is 11.5 Å². The van der Waals surface area contributed by atoms with Crippen LogP contribution in [0.3, 0.4) is 0 Å². The molecule has 0 bridgehead atoms. The Bertz CT molecular complexity index is 1150. The Balaban J connectivity index is 1.33. The van der Waals surface area contributed by atoms with Gasteiger partial charge in [0.2, 0.25) is 5.89 Å². The highest BCUT2D eigenvalue weighted by Crippen LogP contribution is 2.26. The van der Waals surface area contributed by atoms with Gasteiger partial charge in [-0.05, 0) is 85.2 Å². The molecule has 4 nitrogen and oxygen atoms in total. The highest BCUT2D eigenvalue weighted by molar-refractivity contribution is 7.08. The van der Waals surface area contributed by atoms with Crippen LogP contribution in [0.1, 0.15) is 47.4 Å².